The second-order valence-corrected chi connectivity index (χ2v) is 8.00. The average molecular weight is 345 g/mol. The summed E-state index contributed by atoms with van der Waals surface area (Å²) in [5, 5.41) is 0. The van der Waals surface area contributed by atoms with Crippen molar-refractivity contribution in [3.05, 3.63) is 66.2 Å². The van der Waals surface area contributed by atoms with Gasteiger partial charge in [0.1, 0.15) is 0 Å². The van der Waals surface area contributed by atoms with Crippen molar-refractivity contribution in [3.8, 4) is 0 Å². The summed E-state index contributed by atoms with van der Waals surface area (Å²) in [6.45, 7) is 2.06. The van der Waals surface area contributed by atoms with Gasteiger partial charge in [-0.15, -0.1) is 0 Å². The molecular weight excluding hydrogens is 322 g/mol. The summed E-state index contributed by atoms with van der Waals surface area (Å²) >= 11 is 0. The van der Waals surface area contributed by atoms with E-state index in [1.165, 1.54) is 5.56 Å². The molecule has 0 spiro atoms. The molecule has 0 radical (unpaired) electrons. The second-order valence-electron chi connectivity index (χ2n) is 6.38. The average Bonchev–Trinajstić information content (AvgIpc) is 2.62. The fraction of sp³-hybridized carbons (Fsp3) is 0.368. The van der Waals surface area contributed by atoms with E-state index in [2.05, 4.69) is 24.1 Å². The summed E-state index contributed by atoms with van der Waals surface area (Å²) in [6.07, 6.45) is 1.01. The number of piperidine rings is 1. The largest absolute Gasteiger partial charge is 0.306 e. The number of hydrogen-bond donors (Lipinski definition) is 0. The monoisotopic (exact) mass is 345 g/mol. The highest BCUT2D eigenvalue weighted by atomic mass is 32.2. The Bertz CT molecular complexity index is 747. The number of likely N-dealkylation sites (tertiary alicyclic amines) is 1. The van der Waals surface area contributed by atoms with Gasteiger partial charge in [-0.25, -0.2) is 0 Å². The molecule has 0 amide bonds. The summed E-state index contributed by atoms with van der Waals surface area (Å²) < 4.78 is 30.1. The molecule has 0 unspecified atom stereocenters. The topological polar surface area (TPSA) is 46.6 Å². The Morgan fingerprint density at radius 1 is 1.04 bits per heavy atom. The highest BCUT2D eigenvalue weighted by Gasteiger charge is 2.30. The zero-order chi connectivity index (χ0) is 17.0. The lowest BCUT2D eigenvalue weighted by Gasteiger charge is -2.36. The molecule has 4 nitrogen and oxygen atoms in total. The molecule has 0 N–H and O–H groups in total. The molecule has 2 aromatic rings. The minimum atomic E-state index is -3.70. The van der Waals surface area contributed by atoms with Crippen LogP contribution in [0, 0.1) is 5.92 Å². The summed E-state index contributed by atoms with van der Waals surface area (Å²) in [6, 6.07) is 18.6. The Labute approximate surface area is 144 Å². The van der Waals surface area contributed by atoms with Crippen LogP contribution in [0.15, 0.2) is 65.6 Å². The van der Waals surface area contributed by atoms with Crippen LogP contribution in [0.4, 0.5) is 0 Å². The maximum atomic E-state index is 12.4. The van der Waals surface area contributed by atoms with Crippen molar-refractivity contribution < 1.29 is 12.6 Å². The third-order valence-corrected chi connectivity index (χ3v) is 5.93. The minimum Gasteiger partial charge on any atom is -0.306 e. The van der Waals surface area contributed by atoms with E-state index >= 15 is 0 Å². The Balaban J connectivity index is 1.74. The molecule has 1 fully saturated rings. The van der Waals surface area contributed by atoms with Gasteiger partial charge in [0.2, 0.25) is 0 Å². The van der Waals surface area contributed by atoms with E-state index in [1.807, 2.05) is 18.2 Å². The quantitative estimate of drug-likeness (QED) is 0.781. The normalized spacial score (nSPS) is 22.4. The lowest BCUT2D eigenvalue weighted by atomic mass is 9.81. The molecule has 0 aromatic heterocycles. The molecule has 3 rings (SSSR count). The molecule has 0 saturated carbocycles. The van der Waals surface area contributed by atoms with Crippen LogP contribution in [-0.4, -0.2) is 40.1 Å². The van der Waals surface area contributed by atoms with Gasteiger partial charge in [-0.1, -0.05) is 48.5 Å². The lowest BCUT2D eigenvalue weighted by Crippen LogP contribution is -2.39. The van der Waals surface area contributed by atoms with Crippen molar-refractivity contribution in [1.82, 2.24) is 4.90 Å². The molecule has 1 heterocycles. The van der Waals surface area contributed by atoms with Crippen LogP contribution in [0.3, 0.4) is 0 Å². The summed E-state index contributed by atoms with van der Waals surface area (Å²) in [5.74, 6) is 0.484. The van der Waals surface area contributed by atoms with Gasteiger partial charge in [-0.3, -0.25) is 4.18 Å². The molecule has 24 heavy (non-hydrogen) atoms. The molecule has 0 bridgehead atoms. The van der Waals surface area contributed by atoms with Gasteiger partial charge in [0.05, 0.1) is 11.5 Å². The molecule has 1 saturated heterocycles. The van der Waals surface area contributed by atoms with Gasteiger partial charge in [0, 0.05) is 12.5 Å². The minimum absolute atomic E-state index is 0.157. The Hall–Kier alpha value is -1.69. The highest BCUT2D eigenvalue weighted by Crippen LogP contribution is 2.33. The molecule has 5 heteroatoms. The molecule has 2 atom stereocenters. The Kier molecular flexibility index (Phi) is 5.33. The van der Waals surface area contributed by atoms with Crippen molar-refractivity contribution in [2.75, 3.05) is 26.7 Å². The summed E-state index contributed by atoms with van der Waals surface area (Å²) in [7, 11) is -1.63. The Morgan fingerprint density at radius 3 is 2.33 bits per heavy atom. The van der Waals surface area contributed by atoms with Crippen LogP contribution in [0.5, 0.6) is 0 Å². The first-order valence-corrected chi connectivity index (χ1v) is 9.65. The SMILES string of the molecule is CN1CC[C@@H](c2ccccc2)[C@H](COS(=O)(=O)c2ccccc2)C1. The van der Waals surface area contributed by atoms with E-state index in [0.717, 1.165) is 19.5 Å². The molecular formula is C19H23NO3S. The Morgan fingerprint density at radius 2 is 1.67 bits per heavy atom. The summed E-state index contributed by atoms with van der Waals surface area (Å²) in [4.78, 5) is 2.45. The second kappa shape index (κ2) is 7.47. The van der Waals surface area contributed by atoms with Gasteiger partial charge in [-0.05, 0) is 43.6 Å². The maximum Gasteiger partial charge on any atom is 0.296 e. The fourth-order valence-corrected chi connectivity index (χ4v) is 4.33. The number of benzene rings is 2. The van der Waals surface area contributed by atoms with E-state index in [9.17, 15) is 8.42 Å². The van der Waals surface area contributed by atoms with Crippen LogP contribution >= 0.6 is 0 Å². The first kappa shape index (κ1) is 17.1. The predicted octanol–water partition coefficient (Wildman–Crippen LogP) is 3.13. The molecule has 128 valence electrons. The smallest absolute Gasteiger partial charge is 0.296 e. The predicted molar refractivity (Wildman–Crippen MR) is 94.4 cm³/mol. The van der Waals surface area contributed by atoms with E-state index in [1.54, 1.807) is 30.3 Å². The third kappa shape index (κ3) is 4.04. The number of rotatable bonds is 5. The first-order chi connectivity index (χ1) is 11.6. The van der Waals surface area contributed by atoms with Gasteiger partial charge in [0.15, 0.2) is 0 Å². The summed E-state index contributed by atoms with van der Waals surface area (Å²) in [5.41, 5.74) is 1.26. The van der Waals surface area contributed by atoms with E-state index in [-0.39, 0.29) is 17.4 Å². The maximum absolute atomic E-state index is 12.4. The van der Waals surface area contributed by atoms with Crippen molar-refractivity contribution in [3.63, 3.8) is 0 Å². The third-order valence-electron chi connectivity index (χ3n) is 4.63. The number of hydrogen-bond acceptors (Lipinski definition) is 4. The molecule has 2 aromatic carbocycles. The first-order valence-electron chi connectivity index (χ1n) is 8.24. The van der Waals surface area contributed by atoms with Crippen molar-refractivity contribution >= 4 is 10.1 Å². The van der Waals surface area contributed by atoms with E-state index < -0.39 is 10.1 Å². The number of nitrogens with zero attached hydrogens (tertiary/aromatic N) is 1. The van der Waals surface area contributed by atoms with Gasteiger partial charge in [0.25, 0.3) is 10.1 Å². The molecule has 1 aliphatic rings. The van der Waals surface area contributed by atoms with Crippen LogP contribution < -0.4 is 0 Å². The van der Waals surface area contributed by atoms with Gasteiger partial charge < -0.3 is 4.90 Å². The van der Waals surface area contributed by atoms with Gasteiger partial charge in [-0.2, -0.15) is 8.42 Å². The van der Waals surface area contributed by atoms with Crippen LogP contribution in [0.1, 0.15) is 17.9 Å². The molecule has 0 aliphatic carbocycles. The van der Waals surface area contributed by atoms with Crippen LogP contribution in [0.25, 0.3) is 0 Å². The van der Waals surface area contributed by atoms with Gasteiger partial charge >= 0.3 is 0 Å². The van der Waals surface area contributed by atoms with Crippen molar-refractivity contribution in [2.45, 2.75) is 17.2 Å². The van der Waals surface area contributed by atoms with E-state index in [0.29, 0.717) is 5.92 Å². The molecule has 1 aliphatic heterocycles. The van der Waals surface area contributed by atoms with Crippen molar-refractivity contribution in [1.29, 1.82) is 0 Å². The fourth-order valence-electron chi connectivity index (χ4n) is 3.35. The van der Waals surface area contributed by atoms with Crippen LogP contribution in [-0.2, 0) is 14.3 Å². The zero-order valence-electron chi connectivity index (χ0n) is 13.8. The highest BCUT2D eigenvalue weighted by molar-refractivity contribution is 7.86. The van der Waals surface area contributed by atoms with Crippen LogP contribution in [0.2, 0.25) is 0 Å². The lowest BCUT2D eigenvalue weighted by molar-refractivity contribution is 0.132. The van der Waals surface area contributed by atoms with Crippen molar-refractivity contribution in [2.24, 2.45) is 5.92 Å². The standard InChI is InChI=1S/C19H23NO3S/c1-20-13-12-19(16-8-4-2-5-9-16)17(14-20)15-23-24(21,22)18-10-6-3-7-11-18/h2-11,17,19H,12-15H2,1H3/t17-,19-/m0/s1. The van der Waals surface area contributed by atoms with E-state index in [4.69, 9.17) is 4.18 Å². The zero-order valence-corrected chi connectivity index (χ0v) is 14.7.